The maximum atomic E-state index is 12.8. The van der Waals surface area contributed by atoms with Crippen molar-refractivity contribution in [3.63, 3.8) is 0 Å². The molecular weight excluding hydrogens is 290 g/mol. The van der Waals surface area contributed by atoms with E-state index in [1.807, 2.05) is 37.3 Å². The van der Waals surface area contributed by atoms with E-state index in [2.05, 4.69) is 20.4 Å². The first-order valence-corrected chi connectivity index (χ1v) is 8.15. The monoisotopic (exact) mass is 315 g/mol. The van der Waals surface area contributed by atoms with Gasteiger partial charge in [-0.3, -0.25) is 4.79 Å². The Bertz CT molecular complexity index is 567. The molecule has 1 aromatic rings. The second-order valence-electron chi connectivity index (χ2n) is 6.51. The van der Waals surface area contributed by atoms with Crippen molar-refractivity contribution in [1.82, 2.24) is 4.90 Å². The molecule has 23 heavy (non-hydrogen) atoms. The first-order chi connectivity index (χ1) is 11.0. The predicted molar refractivity (Wildman–Crippen MR) is 89.7 cm³/mol. The third-order valence-electron chi connectivity index (χ3n) is 4.19. The molecule has 1 fully saturated rings. The lowest BCUT2D eigenvalue weighted by molar-refractivity contribution is -0.133. The molecule has 0 bridgehead atoms. The van der Waals surface area contributed by atoms with Crippen LogP contribution in [0.3, 0.4) is 0 Å². The minimum atomic E-state index is -0.547. The first-order valence-electron chi connectivity index (χ1n) is 8.15. The molecule has 1 aliphatic rings. The van der Waals surface area contributed by atoms with Gasteiger partial charge in [0.15, 0.2) is 0 Å². The summed E-state index contributed by atoms with van der Waals surface area (Å²) in [6.45, 7) is 9.73. The molecule has 1 saturated heterocycles. The van der Waals surface area contributed by atoms with E-state index in [1.165, 1.54) is 4.90 Å². The number of nitrogens with zero attached hydrogens (tertiary/aromatic N) is 1. The van der Waals surface area contributed by atoms with E-state index in [4.69, 9.17) is 4.74 Å². The van der Waals surface area contributed by atoms with Crippen molar-refractivity contribution in [2.24, 2.45) is 11.8 Å². The molecule has 3 atom stereocenters. The summed E-state index contributed by atoms with van der Waals surface area (Å²) in [7, 11) is 0. The Morgan fingerprint density at radius 3 is 2.57 bits per heavy atom. The van der Waals surface area contributed by atoms with Gasteiger partial charge in [-0.25, -0.2) is 9.69 Å². The van der Waals surface area contributed by atoms with Crippen LogP contribution in [0.15, 0.2) is 43.0 Å². The number of imide groups is 1. The Morgan fingerprint density at radius 1 is 1.35 bits per heavy atom. The van der Waals surface area contributed by atoms with Gasteiger partial charge in [-0.05, 0) is 31.2 Å². The van der Waals surface area contributed by atoms with Crippen molar-refractivity contribution >= 4 is 12.0 Å². The van der Waals surface area contributed by atoms with Crippen LogP contribution in [0.1, 0.15) is 45.3 Å². The Hall–Kier alpha value is -2.10. The van der Waals surface area contributed by atoms with Crippen LogP contribution >= 0.6 is 0 Å². The van der Waals surface area contributed by atoms with E-state index in [-0.39, 0.29) is 17.9 Å². The number of allylic oxidation sites excluding steroid dienone is 1. The molecule has 2 rings (SSSR count). The average molecular weight is 315 g/mol. The zero-order valence-corrected chi connectivity index (χ0v) is 14.1. The van der Waals surface area contributed by atoms with Gasteiger partial charge in [0.2, 0.25) is 5.91 Å². The molecule has 0 radical (unpaired) electrons. The molecule has 4 heteroatoms. The predicted octanol–water partition coefficient (Wildman–Crippen LogP) is 4.33. The lowest BCUT2D eigenvalue weighted by Crippen LogP contribution is -2.42. The van der Waals surface area contributed by atoms with E-state index in [1.54, 1.807) is 6.08 Å². The van der Waals surface area contributed by atoms with Gasteiger partial charge in [0.05, 0.1) is 6.04 Å². The van der Waals surface area contributed by atoms with Crippen molar-refractivity contribution in [2.45, 2.75) is 45.8 Å². The highest BCUT2D eigenvalue weighted by Gasteiger charge is 2.44. The lowest BCUT2D eigenvalue weighted by atomic mass is 9.92. The Kier molecular flexibility index (Phi) is 5.59. The second-order valence-corrected chi connectivity index (χ2v) is 6.51. The van der Waals surface area contributed by atoms with Crippen LogP contribution in [-0.2, 0) is 9.53 Å². The van der Waals surface area contributed by atoms with E-state index in [0.717, 1.165) is 12.0 Å². The Morgan fingerprint density at radius 2 is 2.00 bits per heavy atom. The van der Waals surface area contributed by atoms with Gasteiger partial charge in [-0.15, -0.1) is 6.58 Å². The number of ether oxygens (including phenoxy) is 1. The smallest absolute Gasteiger partial charge is 0.417 e. The highest BCUT2D eigenvalue weighted by molar-refractivity contribution is 5.95. The van der Waals surface area contributed by atoms with E-state index in [9.17, 15) is 9.59 Å². The minimum absolute atomic E-state index is 0.158. The Balaban J connectivity index is 2.19. The van der Waals surface area contributed by atoms with Crippen LogP contribution < -0.4 is 0 Å². The van der Waals surface area contributed by atoms with Gasteiger partial charge in [0, 0.05) is 5.92 Å². The zero-order chi connectivity index (χ0) is 17.0. The topological polar surface area (TPSA) is 46.6 Å². The molecule has 0 saturated carbocycles. The molecule has 1 aromatic carbocycles. The maximum Gasteiger partial charge on any atom is 0.417 e. The van der Waals surface area contributed by atoms with E-state index in [0.29, 0.717) is 12.3 Å². The number of hydrogen-bond donors (Lipinski definition) is 0. The van der Waals surface area contributed by atoms with Gasteiger partial charge in [0.1, 0.15) is 6.10 Å². The highest BCUT2D eigenvalue weighted by Crippen LogP contribution is 2.34. The van der Waals surface area contributed by atoms with E-state index < -0.39 is 12.2 Å². The summed E-state index contributed by atoms with van der Waals surface area (Å²) in [5.74, 6) is -0.00527. The van der Waals surface area contributed by atoms with Gasteiger partial charge < -0.3 is 4.74 Å². The van der Waals surface area contributed by atoms with Gasteiger partial charge in [0.25, 0.3) is 0 Å². The highest BCUT2D eigenvalue weighted by atomic mass is 16.6. The fourth-order valence-electron chi connectivity index (χ4n) is 3.11. The summed E-state index contributed by atoms with van der Waals surface area (Å²) in [5.41, 5.74) is 0.910. The molecule has 0 spiro atoms. The van der Waals surface area contributed by atoms with Crippen LogP contribution in [0.4, 0.5) is 4.79 Å². The van der Waals surface area contributed by atoms with Crippen molar-refractivity contribution in [3.05, 3.63) is 48.6 Å². The molecule has 1 unspecified atom stereocenters. The maximum absolute atomic E-state index is 12.8. The van der Waals surface area contributed by atoms with Crippen LogP contribution in [0.5, 0.6) is 0 Å². The standard InChI is InChI=1S/C19H25NO3/c1-5-9-16(12-13(2)3)18(21)20-14(4)17(23-19(20)22)15-10-7-6-8-11-15/h5-8,10-11,13-14,16-17H,1,9,12H2,2-4H3/t14?,16-,17-/m1/s1. The molecule has 124 valence electrons. The second kappa shape index (κ2) is 7.44. The minimum Gasteiger partial charge on any atom is -0.439 e. The quantitative estimate of drug-likeness (QED) is 0.734. The fraction of sp³-hybridized carbons (Fsp3) is 0.474. The van der Waals surface area contributed by atoms with Crippen molar-refractivity contribution < 1.29 is 14.3 Å². The van der Waals surface area contributed by atoms with E-state index >= 15 is 0 Å². The van der Waals surface area contributed by atoms with Crippen LogP contribution in [-0.4, -0.2) is 22.9 Å². The van der Waals surface area contributed by atoms with Crippen LogP contribution in [0.2, 0.25) is 0 Å². The SMILES string of the molecule is C=CC[C@H](CC(C)C)C(=O)N1C(=O)O[C@@H](c2ccccc2)C1C. The summed E-state index contributed by atoms with van der Waals surface area (Å²) in [4.78, 5) is 26.4. The van der Waals surface area contributed by atoms with Gasteiger partial charge in [-0.1, -0.05) is 50.3 Å². The number of benzene rings is 1. The van der Waals surface area contributed by atoms with Crippen LogP contribution in [0, 0.1) is 11.8 Å². The molecule has 4 nitrogen and oxygen atoms in total. The molecule has 1 aliphatic heterocycles. The molecule has 1 heterocycles. The molecule has 0 N–H and O–H groups in total. The summed E-state index contributed by atoms with van der Waals surface area (Å²) in [5, 5.41) is 0. The first kappa shape index (κ1) is 17.3. The van der Waals surface area contributed by atoms with Gasteiger partial charge in [-0.2, -0.15) is 0 Å². The number of carbonyl (C=O) groups is 2. The van der Waals surface area contributed by atoms with Crippen molar-refractivity contribution in [1.29, 1.82) is 0 Å². The van der Waals surface area contributed by atoms with Crippen LogP contribution in [0.25, 0.3) is 0 Å². The summed E-state index contributed by atoms with van der Waals surface area (Å²) in [6.07, 6.45) is 2.09. The normalized spacial score (nSPS) is 22.1. The number of hydrogen-bond acceptors (Lipinski definition) is 3. The largest absolute Gasteiger partial charge is 0.439 e. The number of rotatable bonds is 6. The van der Waals surface area contributed by atoms with Gasteiger partial charge >= 0.3 is 6.09 Å². The third-order valence-corrected chi connectivity index (χ3v) is 4.19. The molecule has 2 amide bonds. The fourth-order valence-corrected chi connectivity index (χ4v) is 3.11. The third kappa shape index (κ3) is 3.81. The summed E-state index contributed by atoms with van der Waals surface area (Å²) < 4.78 is 5.47. The van der Waals surface area contributed by atoms with Crippen molar-refractivity contribution in [2.75, 3.05) is 0 Å². The number of carbonyl (C=O) groups excluding carboxylic acids is 2. The average Bonchev–Trinajstić information content (AvgIpc) is 2.81. The lowest BCUT2D eigenvalue weighted by Gasteiger charge is -2.24. The number of cyclic esters (lactones) is 1. The number of amides is 2. The summed E-state index contributed by atoms with van der Waals surface area (Å²) in [6, 6.07) is 9.24. The zero-order valence-electron chi connectivity index (χ0n) is 14.1. The molecule has 0 aromatic heterocycles. The summed E-state index contributed by atoms with van der Waals surface area (Å²) >= 11 is 0. The van der Waals surface area contributed by atoms with Crippen molar-refractivity contribution in [3.8, 4) is 0 Å². The molecular formula is C19H25NO3. The molecule has 0 aliphatic carbocycles. The Labute approximate surface area is 138 Å².